The molecule has 1 heterocycles. The summed E-state index contributed by atoms with van der Waals surface area (Å²) < 4.78 is 5.55. The Labute approximate surface area is 102 Å². The molecule has 0 amide bonds. The van der Waals surface area contributed by atoms with E-state index < -0.39 is 0 Å². The minimum atomic E-state index is -0.302. The molecular formula is C14H10O4. The summed E-state index contributed by atoms with van der Waals surface area (Å²) >= 11 is 0. The first-order valence-electron chi connectivity index (χ1n) is 5.45. The molecule has 0 radical (unpaired) electrons. The van der Waals surface area contributed by atoms with Gasteiger partial charge in [0, 0.05) is 12.1 Å². The molecule has 3 rings (SSSR count). The number of benzene rings is 2. The average Bonchev–Trinajstić information content (AvgIpc) is 2.27. The van der Waals surface area contributed by atoms with Crippen LogP contribution >= 0.6 is 0 Å². The lowest BCUT2D eigenvalue weighted by Gasteiger charge is -2.04. The summed E-state index contributed by atoms with van der Waals surface area (Å²) in [5, 5.41) is 19.6. The van der Waals surface area contributed by atoms with Crippen LogP contribution in [0.3, 0.4) is 0 Å². The van der Waals surface area contributed by atoms with Crippen LogP contribution in [0.15, 0.2) is 39.5 Å². The van der Waals surface area contributed by atoms with Gasteiger partial charge in [-0.2, -0.15) is 0 Å². The minimum absolute atomic E-state index is 0.0872. The highest BCUT2D eigenvalue weighted by Gasteiger charge is 2.12. The van der Waals surface area contributed by atoms with Gasteiger partial charge in [-0.1, -0.05) is 6.07 Å². The van der Waals surface area contributed by atoms with Crippen LogP contribution in [0.4, 0.5) is 0 Å². The Morgan fingerprint density at radius 2 is 1.83 bits per heavy atom. The molecule has 18 heavy (non-hydrogen) atoms. The molecule has 0 spiro atoms. The molecule has 2 aromatic carbocycles. The van der Waals surface area contributed by atoms with Crippen molar-refractivity contribution in [3.05, 3.63) is 46.1 Å². The van der Waals surface area contributed by atoms with Crippen molar-refractivity contribution in [1.82, 2.24) is 0 Å². The van der Waals surface area contributed by atoms with Crippen LogP contribution in [-0.2, 0) is 0 Å². The standard InChI is InChI=1S/C14H10O4/c1-7-2-3-9-11(4-7)18-12-6-8(15)5-10(16)13(12)14(9)17/h2-6,15-16H,1H3. The Bertz CT molecular complexity index is 830. The van der Waals surface area contributed by atoms with Crippen molar-refractivity contribution in [1.29, 1.82) is 0 Å². The van der Waals surface area contributed by atoms with E-state index in [4.69, 9.17) is 4.42 Å². The first-order chi connectivity index (χ1) is 8.56. The fourth-order valence-corrected chi connectivity index (χ4v) is 2.05. The highest BCUT2D eigenvalue weighted by atomic mass is 16.3. The lowest BCUT2D eigenvalue weighted by molar-refractivity contribution is 0.453. The molecule has 0 aliphatic heterocycles. The van der Waals surface area contributed by atoms with Gasteiger partial charge >= 0.3 is 0 Å². The number of hydrogen-bond acceptors (Lipinski definition) is 4. The van der Waals surface area contributed by atoms with E-state index in [1.807, 2.05) is 13.0 Å². The van der Waals surface area contributed by atoms with Crippen molar-refractivity contribution in [2.75, 3.05) is 0 Å². The van der Waals surface area contributed by atoms with Crippen LogP contribution in [0, 0.1) is 6.92 Å². The van der Waals surface area contributed by atoms with E-state index in [0.717, 1.165) is 11.6 Å². The number of phenolic OH excluding ortho intramolecular Hbond substituents is 2. The van der Waals surface area contributed by atoms with Gasteiger partial charge in [-0.25, -0.2) is 0 Å². The van der Waals surface area contributed by atoms with Gasteiger partial charge in [0.1, 0.15) is 28.1 Å². The number of phenols is 2. The molecule has 3 aromatic rings. The van der Waals surface area contributed by atoms with Gasteiger partial charge in [0.15, 0.2) is 0 Å². The van der Waals surface area contributed by atoms with Gasteiger partial charge in [-0.15, -0.1) is 0 Å². The molecule has 4 nitrogen and oxygen atoms in total. The molecule has 0 bridgehead atoms. The van der Waals surface area contributed by atoms with Gasteiger partial charge in [0.25, 0.3) is 0 Å². The average molecular weight is 242 g/mol. The molecule has 1 aromatic heterocycles. The van der Waals surface area contributed by atoms with Crippen molar-refractivity contribution in [3.63, 3.8) is 0 Å². The molecule has 0 saturated heterocycles. The highest BCUT2D eigenvalue weighted by Crippen LogP contribution is 2.29. The predicted octanol–water partition coefficient (Wildman–Crippen LogP) is 2.67. The number of hydrogen-bond donors (Lipinski definition) is 2. The maximum atomic E-state index is 12.2. The van der Waals surface area contributed by atoms with E-state index in [0.29, 0.717) is 11.0 Å². The molecule has 90 valence electrons. The third-order valence-electron chi connectivity index (χ3n) is 2.89. The topological polar surface area (TPSA) is 70.7 Å². The SMILES string of the molecule is Cc1ccc2c(=O)c3c(O)cc(O)cc3oc2c1. The molecule has 0 aliphatic rings. The van der Waals surface area contributed by atoms with Gasteiger partial charge in [-0.3, -0.25) is 4.79 Å². The molecule has 4 heteroatoms. The third kappa shape index (κ3) is 1.43. The zero-order valence-electron chi connectivity index (χ0n) is 9.60. The van der Waals surface area contributed by atoms with Crippen LogP contribution in [0.5, 0.6) is 11.5 Å². The van der Waals surface area contributed by atoms with Crippen LogP contribution in [0.2, 0.25) is 0 Å². The summed E-state index contributed by atoms with van der Waals surface area (Å²) in [5.41, 5.74) is 1.28. The summed E-state index contributed by atoms with van der Waals surface area (Å²) in [6.45, 7) is 1.89. The third-order valence-corrected chi connectivity index (χ3v) is 2.89. The highest BCUT2D eigenvalue weighted by molar-refractivity contribution is 5.93. The van der Waals surface area contributed by atoms with E-state index in [-0.39, 0.29) is 27.9 Å². The summed E-state index contributed by atoms with van der Waals surface area (Å²) in [6.07, 6.45) is 0. The predicted molar refractivity (Wildman–Crippen MR) is 68.1 cm³/mol. The molecule has 0 aliphatic carbocycles. The number of aryl methyl sites for hydroxylation is 1. The Morgan fingerprint density at radius 3 is 2.61 bits per heavy atom. The zero-order chi connectivity index (χ0) is 12.9. The van der Waals surface area contributed by atoms with E-state index in [1.54, 1.807) is 12.1 Å². The lowest BCUT2D eigenvalue weighted by atomic mass is 10.1. The molecule has 0 saturated carbocycles. The minimum Gasteiger partial charge on any atom is -0.508 e. The van der Waals surface area contributed by atoms with Crippen molar-refractivity contribution in [2.45, 2.75) is 6.92 Å². The molecule has 0 unspecified atom stereocenters. The van der Waals surface area contributed by atoms with E-state index in [9.17, 15) is 15.0 Å². The van der Waals surface area contributed by atoms with Gasteiger partial charge in [0.05, 0.1) is 5.39 Å². The zero-order valence-corrected chi connectivity index (χ0v) is 9.60. The Morgan fingerprint density at radius 1 is 1.06 bits per heavy atom. The molecule has 2 N–H and O–H groups in total. The number of aromatic hydroxyl groups is 2. The summed E-state index contributed by atoms with van der Waals surface area (Å²) in [4.78, 5) is 12.2. The fraction of sp³-hybridized carbons (Fsp3) is 0.0714. The van der Waals surface area contributed by atoms with Gasteiger partial charge < -0.3 is 14.6 Å². The van der Waals surface area contributed by atoms with E-state index in [2.05, 4.69) is 0 Å². The van der Waals surface area contributed by atoms with Crippen LogP contribution in [-0.4, -0.2) is 10.2 Å². The monoisotopic (exact) mass is 242 g/mol. The summed E-state index contributed by atoms with van der Waals surface area (Å²) in [5.74, 6) is -0.420. The maximum Gasteiger partial charge on any atom is 0.204 e. The fourth-order valence-electron chi connectivity index (χ4n) is 2.05. The van der Waals surface area contributed by atoms with Crippen molar-refractivity contribution in [3.8, 4) is 11.5 Å². The Kier molecular flexibility index (Phi) is 2.07. The Balaban J connectivity index is 2.61. The van der Waals surface area contributed by atoms with E-state index in [1.165, 1.54) is 6.07 Å². The maximum absolute atomic E-state index is 12.2. The van der Waals surface area contributed by atoms with Crippen LogP contribution in [0.1, 0.15) is 5.56 Å². The number of rotatable bonds is 0. The molecular weight excluding hydrogens is 232 g/mol. The lowest BCUT2D eigenvalue weighted by Crippen LogP contribution is -2.02. The van der Waals surface area contributed by atoms with Crippen molar-refractivity contribution < 1.29 is 14.6 Å². The van der Waals surface area contributed by atoms with Crippen molar-refractivity contribution in [2.24, 2.45) is 0 Å². The van der Waals surface area contributed by atoms with Gasteiger partial charge in [-0.05, 0) is 24.6 Å². The molecule has 0 fully saturated rings. The smallest absolute Gasteiger partial charge is 0.204 e. The largest absolute Gasteiger partial charge is 0.508 e. The second-order valence-electron chi connectivity index (χ2n) is 4.27. The summed E-state index contributed by atoms with van der Waals surface area (Å²) in [6, 6.07) is 7.67. The van der Waals surface area contributed by atoms with E-state index >= 15 is 0 Å². The normalized spacial score (nSPS) is 11.2. The van der Waals surface area contributed by atoms with Crippen LogP contribution < -0.4 is 5.43 Å². The first-order valence-corrected chi connectivity index (χ1v) is 5.45. The van der Waals surface area contributed by atoms with Gasteiger partial charge in [0.2, 0.25) is 5.43 Å². The Hall–Kier alpha value is -2.49. The van der Waals surface area contributed by atoms with Crippen LogP contribution in [0.25, 0.3) is 21.9 Å². The van der Waals surface area contributed by atoms with Crippen molar-refractivity contribution >= 4 is 21.9 Å². The number of fused-ring (bicyclic) bond motifs is 2. The second-order valence-corrected chi connectivity index (χ2v) is 4.27. The molecule has 0 atom stereocenters. The summed E-state index contributed by atoms with van der Waals surface area (Å²) in [7, 11) is 0. The second kappa shape index (κ2) is 3.50. The quantitative estimate of drug-likeness (QED) is 0.594. The first kappa shape index (κ1) is 10.7.